The Morgan fingerprint density at radius 1 is 0.933 bits per heavy atom. The van der Waals surface area contributed by atoms with E-state index in [1.54, 1.807) is 0 Å². The van der Waals surface area contributed by atoms with Gasteiger partial charge in [-0.1, -0.05) is 47.1 Å². The van der Waals surface area contributed by atoms with E-state index in [1.807, 2.05) is 6.92 Å². The van der Waals surface area contributed by atoms with Gasteiger partial charge in [-0.2, -0.15) is 0 Å². The van der Waals surface area contributed by atoms with E-state index in [1.165, 1.54) is 0 Å². The van der Waals surface area contributed by atoms with Crippen molar-refractivity contribution in [1.29, 1.82) is 0 Å². The minimum absolute atomic E-state index is 0.686. The summed E-state index contributed by atoms with van der Waals surface area (Å²) in [5.74, 6) is 0. The number of rotatable bonds is 4. The summed E-state index contributed by atoms with van der Waals surface area (Å²) < 4.78 is 5.21. The molecule has 0 amide bonds. The van der Waals surface area contributed by atoms with Gasteiger partial charge in [-0.3, -0.25) is 0 Å². The molecule has 1 nitrogen and oxygen atoms in total. The summed E-state index contributed by atoms with van der Waals surface area (Å²) in [7, 11) is -1.55. The van der Waals surface area contributed by atoms with Crippen LogP contribution in [0.4, 0.5) is 0 Å². The molecule has 0 unspecified atom stereocenters. The van der Waals surface area contributed by atoms with Crippen molar-refractivity contribution in [2.24, 2.45) is 0 Å². The smallest absolute Gasteiger partial charge is 0.150 e. The molecule has 0 radical (unpaired) electrons. The average molecular weight is 226 g/mol. The zero-order valence-electron chi connectivity index (χ0n) is 11.3. The standard InChI is InChI=1S/C13H26OSi/c1-8-14-9-10-15(11(2)3,12(4)5)13(6)7/h11-13H,8H2,1-7H3. The SMILES string of the molecule is CCOC#C[Si](C(C)C)(C(C)C)C(C)C. The molecule has 0 aliphatic carbocycles. The van der Waals surface area contributed by atoms with Crippen molar-refractivity contribution in [2.45, 2.75) is 65.1 Å². The number of hydrogen-bond acceptors (Lipinski definition) is 1. The molecule has 15 heavy (non-hydrogen) atoms. The molecular weight excluding hydrogens is 200 g/mol. The van der Waals surface area contributed by atoms with E-state index in [4.69, 9.17) is 4.74 Å². The molecule has 0 aliphatic rings. The summed E-state index contributed by atoms with van der Waals surface area (Å²) in [5.41, 5.74) is 5.56. The molecule has 0 aromatic carbocycles. The van der Waals surface area contributed by atoms with Crippen LogP contribution in [0.25, 0.3) is 0 Å². The fourth-order valence-electron chi connectivity index (χ4n) is 2.63. The Balaban J connectivity index is 5.08. The molecular formula is C13H26OSi. The predicted octanol–water partition coefficient (Wildman–Crippen LogP) is 4.20. The van der Waals surface area contributed by atoms with E-state index in [2.05, 4.69) is 53.2 Å². The molecule has 88 valence electrons. The predicted molar refractivity (Wildman–Crippen MR) is 70.5 cm³/mol. The van der Waals surface area contributed by atoms with Crippen molar-refractivity contribution in [1.82, 2.24) is 0 Å². The lowest BCUT2D eigenvalue weighted by Crippen LogP contribution is -2.43. The van der Waals surface area contributed by atoms with Crippen LogP contribution in [0.2, 0.25) is 16.6 Å². The van der Waals surface area contributed by atoms with Gasteiger partial charge in [0.25, 0.3) is 0 Å². The first-order chi connectivity index (χ1) is 6.89. The van der Waals surface area contributed by atoms with E-state index in [9.17, 15) is 0 Å². The fourth-order valence-corrected chi connectivity index (χ4v) is 7.74. The number of hydrogen-bond donors (Lipinski definition) is 0. The van der Waals surface area contributed by atoms with Gasteiger partial charge >= 0.3 is 0 Å². The molecule has 0 aromatic heterocycles. The maximum absolute atomic E-state index is 5.21. The van der Waals surface area contributed by atoms with Gasteiger partial charge in [0.2, 0.25) is 0 Å². The molecule has 0 spiro atoms. The van der Waals surface area contributed by atoms with Crippen molar-refractivity contribution < 1.29 is 4.74 Å². The fraction of sp³-hybridized carbons (Fsp3) is 0.846. The lowest BCUT2D eigenvalue weighted by atomic mass is 10.5. The third-order valence-electron chi connectivity index (χ3n) is 3.35. The van der Waals surface area contributed by atoms with E-state index in [0.717, 1.165) is 0 Å². The van der Waals surface area contributed by atoms with Crippen LogP contribution in [0.3, 0.4) is 0 Å². The van der Waals surface area contributed by atoms with Gasteiger partial charge in [0, 0.05) is 0 Å². The molecule has 2 heteroatoms. The van der Waals surface area contributed by atoms with Crippen LogP contribution in [-0.2, 0) is 4.74 Å². The highest BCUT2D eigenvalue weighted by Crippen LogP contribution is 2.40. The molecule has 0 saturated carbocycles. The molecule has 0 rings (SSSR count). The first-order valence-corrected chi connectivity index (χ1v) is 8.26. The quantitative estimate of drug-likeness (QED) is 0.515. The molecule has 0 N–H and O–H groups in total. The van der Waals surface area contributed by atoms with Crippen LogP contribution >= 0.6 is 0 Å². The lowest BCUT2D eigenvalue weighted by Gasteiger charge is -2.37. The molecule has 0 aliphatic heterocycles. The third-order valence-corrected chi connectivity index (χ3v) is 9.62. The third kappa shape index (κ3) is 3.27. The Kier molecular flexibility index (Phi) is 6.05. The van der Waals surface area contributed by atoms with Gasteiger partial charge in [-0.15, -0.1) is 0 Å². The minimum Gasteiger partial charge on any atom is -0.447 e. The average Bonchev–Trinajstić information content (AvgIpc) is 2.10. The summed E-state index contributed by atoms with van der Waals surface area (Å²) in [6.45, 7) is 16.5. The molecule has 0 atom stereocenters. The highest BCUT2D eigenvalue weighted by atomic mass is 28.3. The van der Waals surface area contributed by atoms with E-state index in [0.29, 0.717) is 23.2 Å². The second-order valence-electron chi connectivity index (χ2n) is 5.06. The van der Waals surface area contributed by atoms with Crippen molar-refractivity contribution >= 4 is 8.07 Å². The Hall–Kier alpha value is -0.423. The van der Waals surface area contributed by atoms with E-state index >= 15 is 0 Å². The maximum atomic E-state index is 5.21. The Morgan fingerprint density at radius 2 is 1.33 bits per heavy atom. The van der Waals surface area contributed by atoms with Gasteiger partial charge in [-0.25, -0.2) is 0 Å². The van der Waals surface area contributed by atoms with Crippen LogP contribution in [0, 0.1) is 11.7 Å². The van der Waals surface area contributed by atoms with Crippen molar-refractivity contribution in [2.75, 3.05) is 6.61 Å². The highest BCUT2D eigenvalue weighted by Gasteiger charge is 2.42. The van der Waals surface area contributed by atoms with Gasteiger partial charge < -0.3 is 4.74 Å². The van der Waals surface area contributed by atoms with E-state index < -0.39 is 8.07 Å². The topological polar surface area (TPSA) is 9.23 Å². The summed E-state index contributed by atoms with van der Waals surface area (Å²) in [6, 6.07) is 0. The van der Waals surface area contributed by atoms with Gasteiger partial charge in [0.1, 0.15) is 6.11 Å². The molecule has 0 heterocycles. The molecule has 0 aromatic rings. The van der Waals surface area contributed by atoms with Crippen LogP contribution < -0.4 is 0 Å². The van der Waals surface area contributed by atoms with Crippen LogP contribution in [0.5, 0.6) is 0 Å². The summed E-state index contributed by atoms with van der Waals surface area (Å²) in [5, 5.41) is 0. The largest absolute Gasteiger partial charge is 0.447 e. The maximum Gasteiger partial charge on any atom is 0.150 e. The Morgan fingerprint density at radius 3 is 1.60 bits per heavy atom. The van der Waals surface area contributed by atoms with Crippen molar-refractivity contribution in [3.63, 3.8) is 0 Å². The van der Waals surface area contributed by atoms with Gasteiger partial charge in [0.05, 0.1) is 6.61 Å². The first-order valence-electron chi connectivity index (χ1n) is 6.03. The second-order valence-corrected chi connectivity index (χ2v) is 10.6. The summed E-state index contributed by atoms with van der Waals surface area (Å²) >= 11 is 0. The monoisotopic (exact) mass is 226 g/mol. The summed E-state index contributed by atoms with van der Waals surface area (Å²) in [4.78, 5) is 0. The normalized spacial score (nSPS) is 11.9. The molecule has 0 saturated heterocycles. The second kappa shape index (κ2) is 6.22. The van der Waals surface area contributed by atoms with Gasteiger partial charge in [0.15, 0.2) is 8.07 Å². The molecule has 0 fully saturated rings. The lowest BCUT2D eigenvalue weighted by molar-refractivity contribution is 0.299. The van der Waals surface area contributed by atoms with E-state index in [-0.39, 0.29) is 0 Å². The molecule has 0 bridgehead atoms. The Bertz CT molecular complexity index is 211. The van der Waals surface area contributed by atoms with Crippen molar-refractivity contribution in [3.05, 3.63) is 0 Å². The van der Waals surface area contributed by atoms with Crippen LogP contribution in [0.15, 0.2) is 0 Å². The highest BCUT2D eigenvalue weighted by molar-refractivity contribution is 6.90. The summed E-state index contributed by atoms with van der Waals surface area (Å²) in [6.07, 6.45) is 2.93. The van der Waals surface area contributed by atoms with Crippen molar-refractivity contribution in [3.8, 4) is 11.7 Å². The van der Waals surface area contributed by atoms with Gasteiger partial charge in [-0.05, 0) is 23.5 Å². The first kappa shape index (κ1) is 14.6. The minimum atomic E-state index is -1.55. The van der Waals surface area contributed by atoms with Crippen LogP contribution in [0.1, 0.15) is 48.5 Å². The zero-order chi connectivity index (χ0) is 12.1. The zero-order valence-corrected chi connectivity index (χ0v) is 12.3. The Labute approximate surface area is 96.6 Å². The number of ether oxygens (including phenoxy) is 1. The van der Waals surface area contributed by atoms with Crippen LogP contribution in [-0.4, -0.2) is 14.7 Å².